The molecule has 0 aliphatic carbocycles. The normalized spacial score (nSPS) is 18.9. The topological polar surface area (TPSA) is 70.1 Å². The van der Waals surface area contributed by atoms with Gasteiger partial charge in [-0.1, -0.05) is 11.3 Å². The molecule has 3 aromatic rings. The smallest absolute Gasteiger partial charge is 0.160 e. The zero-order valence-electron chi connectivity index (χ0n) is 10.9. The molecule has 0 aromatic carbocycles. The van der Waals surface area contributed by atoms with Crippen LogP contribution in [0.3, 0.4) is 0 Å². The summed E-state index contributed by atoms with van der Waals surface area (Å²) in [4.78, 5) is 0. The lowest BCUT2D eigenvalue weighted by Crippen LogP contribution is -2.05. The summed E-state index contributed by atoms with van der Waals surface area (Å²) in [5, 5.41) is 16.7. The molecule has 0 spiro atoms. The van der Waals surface area contributed by atoms with Crippen molar-refractivity contribution in [2.24, 2.45) is 0 Å². The molecule has 1 aliphatic rings. The molecule has 7 heteroatoms. The average molecular weight is 270 g/mol. The van der Waals surface area contributed by atoms with E-state index in [1.807, 2.05) is 35.0 Å². The van der Waals surface area contributed by atoms with E-state index in [4.69, 9.17) is 4.74 Å². The van der Waals surface area contributed by atoms with E-state index in [1.165, 1.54) is 0 Å². The van der Waals surface area contributed by atoms with Gasteiger partial charge >= 0.3 is 0 Å². The van der Waals surface area contributed by atoms with Crippen LogP contribution in [0.1, 0.15) is 23.9 Å². The van der Waals surface area contributed by atoms with Crippen molar-refractivity contribution in [1.29, 1.82) is 0 Å². The summed E-state index contributed by atoms with van der Waals surface area (Å²) in [6.07, 6.45) is 4.95. The van der Waals surface area contributed by atoms with E-state index in [0.29, 0.717) is 12.5 Å². The highest BCUT2D eigenvalue weighted by molar-refractivity contribution is 5.36. The molecular formula is C13H14N6O. The van der Waals surface area contributed by atoms with Gasteiger partial charge in [0.1, 0.15) is 6.54 Å². The molecule has 1 fully saturated rings. The van der Waals surface area contributed by atoms with Gasteiger partial charge in [0.25, 0.3) is 0 Å². The Morgan fingerprint density at radius 2 is 2.25 bits per heavy atom. The summed E-state index contributed by atoms with van der Waals surface area (Å²) < 4.78 is 9.14. The molecule has 0 radical (unpaired) electrons. The van der Waals surface area contributed by atoms with E-state index < -0.39 is 0 Å². The van der Waals surface area contributed by atoms with Crippen molar-refractivity contribution in [3.8, 4) is 0 Å². The average Bonchev–Trinajstić information content (AvgIpc) is 3.19. The van der Waals surface area contributed by atoms with E-state index in [9.17, 15) is 0 Å². The van der Waals surface area contributed by atoms with Crippen LogP contribution in [-0.2, 0) is 11.3 Å². The predicted octanol–water partition coefficient (Wildman–Crippen LogP) is 0.873. The summed E-state index contributed by atoms with van der Waals surface area (Å²) in [5.74, 6) is 1.22. The zero-order valence-corrected chi connectivity index (χ0v) is 10.9. The molecular weight excluding hydrogens is 256 g/mol. The minimum atomic E-state index is 0.374. The van der Waals surface area contributed by atoms with Gasteiger partial charge in [0.15, 0.2) is 11.5 Å². The summed E-state index contributed by atoms with van der Waals surface area (Å²) in [7, 11) is 0. The van der Waals surface area contributed by atoms with Crippen LogP contribution in [-0.4, -0.2) is 42.8 Å². The number of aromatic nitrogens is 6. The predicted molar refractivity (Wildman–Crippen MR) is 70.3 cm³/mol. The first-order chi connectivity index (χ1) is 9.90. The van der Waals surface area contributed by atoms with Gasteiger partial charge in [-0.05, 0) is 18.6 Å². The van der Waals surface area contributed by atoms with Gasteiger partial charge < -0.3 is 4.74 Å². The Morgan fingerprint density at radius 1 is 1.25 bits per heavy atom. The van der Waals surface area contributed by atoms with Crippen molar-refractivity contribution in [3.63, 3.8) is 0 Å². The number of hydrogen-bond donors (Lipinski definition) is 0. The van der Waals surface area contributed by atoms with Crippen LogP contribution in [0, 0.1) is 0 Å². The first kappa shape index (κ1) is 11.5. The molecule has 7 nitrogen and oxygen atoms in total. The maximum Gasteiger partial charge on any atom is 0.160 e. The Kier molecular flexibility index (Phi) is 2.70. The van der Waals surface area contributed by atoms with Gasteiger partial charge in [-0.3, -0.25) is 4.40 Å². The van der Waals surface area contributed by atoms with Crippen molar-refractivity contribution in [2.75, 3.05) is 13.2 Å². The van der Waals surface area contributed by atoms with Gasteiger partial charge in [0, 0.05) is 24.9 Å². The van der Waals surface area contributed by atoms with E-state index in [1.54, 1.807) is 4.68 Å². The standard InChI is InChI=1S/C13H14N6O/c1-2-5-19-12(3-1)15-16-13(19)8-18-7-11(14-17-18)10-4-6-20-9-10/h1-3,5,7,10H,4,6,8-9H2/t10-/m1/s1. The second-order valence-corrected chi connectivity index (χ2v) is 4.95. The first-order valence-corrected chi connectivity index (χ1v) is 6.66. The van der Waals surface area contributed by atoms with Crippen LogP contribution in [0.15, 0.2) is 30.6 Å². The highest BCUT2D eigenvalue weighted by atomic mass is 16.5. The van der Waals surface area contributed by atoms with Gasteiger partial charge in [-0.15, -0.1) is 15.3 Å². The number of fused-ring (bicyclic) bond motifs is 1. The fourth-order valence-corrected chi connectivity index (χ4v) is 2.49. The number of rotatable bonds is 3. The molecule has 0 bridgehead atoms. The minimum absolute atomic E-state index is 0.374. The van der Waals surface area contributed by atoms with Crippen LogP contribution in [0.4, 0.5) is 0 Å². The van der Waals surface area contributed by atoms with E-state index in [0.717, 1.165) is 36.8 Å². The second kappa shape index (κ2) is 4.68. The SMILES string of the molecule is c1ccn2c(Cn3cc([C@@H]4CCOC4)nn3)nnc2c1. The number of nitrogens with zero attached hydrogens (tertiary/aromatic N) is 6. The lowest BCUT2D eigenvalue weighted by molar-refractivity contribution is 0.193. The van der Waals surface area contributed by atoms with Crippen LogP contribution in [0.5, 0.6) is 0 Å². The van der Waals surface area contributed by atoms with Crippen LogP contribution < -0.4 is 0 Å². The van der Waals surface area contributed by atoms with Crippen molar-refractivity contribution in [1.82, 2.24) is 29.6 Å². The third-order valence-electron chi connectivity index (χ3n) is 3.59. The van der Waals surface area contributed by atoms with Crippen LogP contribution in [0.25, 0.3) is 5.65 Å². The van der Waals surface area contributed by atoms with Gasteiger partial charge in [-0.25, -0.2) is 4.68 Å². The zero-order chi connectivity index (χ0) is 13.4. The molecule has 0 amide bonds. The fraction of sp³-hybridized carbons (Fsp3) is 0.385. The second-order valence-electron chi connectivity index (χ2n) is 4.95. The number of hydrogen-bond acceptors (Lipinski definition) is 5. The van der Waals surface area contributed by atoms with Gasteiger partial charge in [0.2, 0.25) is 0 Å². The molecule has 102 valence electrons. The molecule has 0 N–H and O–H groups in total. The van der Waals surface area contributed by atoms with Gasteiger partial charge in [0.05, 0.1) is 12.3 Å². The lowest BCUT2D eigenvalue weighted by Gasteiger charge is -2.01. The van der Waals surface area contributed by atoms with Crippen LogP contribution >= 0.6 is 0 Å². The first-order valence-electron chi connectivity index (χ1n) is 6.66. The Hall–Kier alpha value is -2.28. The molecule has 1 atom stereocenters. The number of pyridine rings is 1. The van der Waals surface area contributed by atoms with Crippen molar-refractivity contribution >= 4 is 5.65 Å². The molecule has 0 saturated carbocycles. The quantitative estimate of drug-likeness (QED) is 0.706. The maximum absolute atomic E-state index is 5.38. The third-order valence-corrected chi connectivity index (χ3v) is 3.59. The molecule has 1 aliphatic heterocycles. The van der Waals surface area contributed by atoms with Crippen LogP contribution in [0.2, 0.25) is 0 Å². The molecule has 4 rings (SSSR count). The molecule has 0 unspecified atom stereocenters. The van der Waals surface area contributed by atoms with E-state index >= 15 is 0 Å². The van der Waals surface area contributed by atoms with Gasteiger partial charge in [-0.2, -0.15) is 0 Å². The van der Waals surface area contributed by atoms with Crippen molar-refractivity contribution in [2.45, 2.75) is 18.9 Å². The Balaban J connectivity index is 1.59. The fourth-order valence-electron chi connectivity index (χ4n) is 2.49. The summed E-state index contributed by atoms with van der Waals surface area (Å²) >= 11 is 0. The third kappa shape index (κ3) is 1.96. The summed E-state index contributed by atoms with van der Waals surface area (Å²) in [6, 6.07) is 5.84. The maximum atomic E-state index is 5.38. The monoisotopic (exact) mass is 270 g/mol. The van der Waals surface area contributed by atoms with E-state index in [2.05, 4.69) is 20.5 Å². The molecule has 1 saturated heterocycles. The Morgan fingerprint density at radius 3 is 3.15 bits per heavy atom. The lowest BCUT2D eigenvalue weighted by atomic mass is 10.1. The highest BCUT2D eigenvalue weighted by Gasteiger charge is 2.21. The Bertz CT molecular complexity index is 727. The highest BCUT2D eigenvalue weighted by Crippen LogP contribution is 2.22. The Labute approximate surface area is 115 Å². The molecule has 4 heterocycles. The summed E-state index contributed by atoms with van der Waals surface area (Å²) in [6.45, 7) is 2.12. The molecule has 20 heavy (non-hydrogen) atoms. The summed E-state index contributed by atoms with van der Waals surface area (Å²) in [5.41, 5.74) is 1.84. The van der Waals surface area contributed by atoms with E-state index in [-0.39, 0.29) is 0 Å². The minimum Gasteiger partial charge on any atom is -0.381 e. The molecule has 3 aromatic heterocycles. The van der Waals surface area contributed by atoms with Crippen molar-refractivity contribution in [3.05, 3.63) is 42.1 Å². The number of ether oxygens (including phenoxy) is 1. The van der Waals surface area contributed by atoms with Crippen molar-refractivity contribution < 1.29 is 4.74 Å². The largest absolute Gasteiger partial charge is 0.381 e.